The maximum atomic E-state index is 13.4. The zero-order valence-corrected chi connectivity index (χ0v) is 30.8. The van der Waals surface area contributed by atoms with Gasteiger partial charge in [0.25, 0.3) is 0 Å². The van der Waals surface area contributed by atoms with Crippen molar-refractivity contribution in [3.63, 3.8) is 0 Å². The van der Waals surface area contributed by atoms with Gasteiger partial charge in [-0.25, -0.2) is 0 Å². The standard InChI is InChI=1S/C39H60N2O9/c1-8-33-30(23-40-18-16-28-12-10-9-11-13-28)20-24(2)14-15-31(43)25(3)21-29(17-19-42)38(26(4)32(44)22-34(45)49-33)50-39-37(47)35(41(6)7)36(46)27(5)48-39/h9-15,19-20,25-27,29-30,32-33,35-40,44,46-47H,8,16-18,21-23H2,1-7H3/b15-14+,24-20+/t25-,26+,27-,29+,30-,32-,33-,35+,36-,37-,38-,39+/m1/s1. The fraction of sp³-hybridized carbons (Fsp3) is 0.667. The third-order valence-corrected chi connectivity index (χ3v) is 10.2. The van der Waals surface area contributed by atoms with E-state index in [-0.39, 0.29) is 31.0 Å². The van der Waals surface area contributed by atoms with Crippen molar-refractivity contribution in [1.82, 2.24) is 10.2 Å². The second-order valence-electron chi connectivity index (χ2n) is 14.4. The van der Waals surface area contributed by atoms with Crippen LogP contribution < -0.4 is 5.32 Å². The van der Waals surface area contributed by atoms with Crippen LogP contribution in [0.3, 0.4) is 0 Å². The summed E-state index contributed by atoms with van der Waals surface area (Å²) >= 11 is 0. The predicted octanol–water partition coefficient (Wildman–Crippen LogP) is 3.24. The molecule has 280 valence electrons. The van der Waals surface area contributed by atoms with Crippen molar-refractivity contribution in [2.45, 2.75) is 116 Å². The number of aliphatic hydroxyl groups excluding tert-OH is 3. The fourth-order valence-corrected chi connectivity index (χ4v) is 7.10. The molecule has 50 heavy (non-hydrogen) atoms. The second kappa shape index (κ2) is 20.3. The van der Waals surface area contributed by atoms with Crippen LogP contribution in [0.1, 0.15) is 65.9 Å². The summed E-state index contributed by atoms with van der Waals surface area (Å²) < 4.78 is 18.4. The van der Waals surface area contributed by atoms with E-state index >= 15 is 0 Å². The number of cyclic esters (lactones) is 1. The highest BCUT2D eigenvalue weighted by molar-refractivity contribution is 5.91. The first-order valence-corrected chi connectivity index (χ1v) is 18.1. The Kier molecular flexibility index (Phi) is 16.9. The number of nitrogens with one attached hydrogen (secondary N) is 1. The second-order valence-corrected chi connectivity index (χ2v) is 14.4. The molecule has 0 aliphatic carbocycles. The van der Waals surface area contributed by atoms with Crippen LogP contribution in [0.25, 0.3) is 0 Å². The zero-order chi connectivity index (χ0) is 37.0. The Morgan fingerprint density at radius 2 is 1.74 bits per heavy atom. The van der Waals surface area contributed by atoms with E-state index < -0.39 is 72.7 Å². The van der Waals surface area contributed by atoms with Gasteiger partial charge in [-0.15, -0.1) is 0 Å². The number of rotatable bonds is 11. The first-order valence-electron chi connectivity index (χ1n) is 18.1. The number of carbonyl (C=O) groups excluding carboxylic acids is 3. The van der Waals surface area contributed by atoms with Gasteiger partial charge in [-0.05, 0) is 71.3 Å². The Hall–Kier alpha value is -2.77. The van der Waals surface area contributed by atoms with E-state index in [0.29, 0.717) is 13.0 Å². The summed E-state index contributed by atoms with van der Waals surface area (Å²) in [6.07, 6.45) is 0.647. The molecule has 4 N–H and O–H groups in total. The number of benzene rings is 1. The topological polar surface area (TPSA) is 155 Å². The van der Waals surface area contributed by atoms with Gasteiger partial charge in [-0.2, -0.15) is 0 Å². The van der Waals surface area contributed by atoms with Crippen molar-refractivity contribution >= 4 is 18.0 Å². The van der Waals surface area contributed by atoms with Crippen LogP contribution in [0.15, 0.2) is 54.1 Å². The number of ketones is 1. The van der Waals surface area contributed by atoms with Crippen molar-refractivity contribution in [3.05, 3.63) is 59.7 Å². The van der Waals surface area contributed by atoms with E-state index in [1.165, 1.54) is 5.56 Å². The molecule has 3 rings (SSSR count). The van der Waals surface area contributed by atoms with E-state index in [1.54, 1.807) is 51.9 Å². The van der Waals surface area contributed by atoms with Crippen LogP contribution >= 0.6 is 0 Å². The lowest BCUT2D eigenvalue weighted by Gasteiger charge is -2.46. The Balaban J connectivity index is 1.91. The molecular formula is C39H60N2O9. The van der Waals surface area contributed by atoms with Gasteiger partial charge in [0.2, 0.25) is 0 Å². The fourth-order valence-electron chi connectivity index (χ4n) is 7.10. The minimum absolute atomic E-state index is 0.0153. The van der Waals surface area contributed by atoms with Crippen molar-refractivity contribution in [2.75, 3.05) is 27.2 Å². The smallest absolute Gasteiger partial charge is 0.308 e. The van der Waals surface area contributed by atoms with Gasteiger partial charge in [0.1, 0.15) is 18.5 Å². The summed E-state index contributed by atoms with van der Waals surface area (Å²) in [5.41, 5.74) is 2.06. The van der Waals surface area contributed by atoms with E-state index in [4.69, 9.17) is 14.2 Å². The highest BCUT2D eigenvalue weighted by Gasteiger charge is 2.47. The molecule has 11 nitrogen and oxygen atoms in total. The molecule has 1 aromatic carbocycles. The number of likely N-dealkylation sites (N-methyl/N-ethyl adjacent to an activating group) is 1. The minimum atomic E-state index is -1.26. The molecule has 0 bridgehead atoms. The van der Waals surface area contributed by atoms with Crippen molar-refractivity contribution < 1.29 is 43.9 Å². The van der Waals surface area contributed by atoms with E-state index in [2.05, 4.69) is 17.4 Å². The third kappa shape index (κ3) is 11.9. The SMILES string of the molecule is CC[C@H]1OC(=O)C[C@@H](O)[C@H](C)[C@@H](O[C@@H]2O[C@H](C)[C@@H](O)[C@H](N(C)C)[C@H]2O)[C@@H](CC=O)C[C@@H](C)C(=O)/C=C/C(C)=C/[C@@H]1CNCCc1ccccc1. The van der Waals surface area contributed by atoms with Crippen LogP contribution in [-0.4, -0.2) is 114 Å². The lowest BCUT2D eigenvalue weighted by atomic mass is 9.79. The van der Waals surface area contributed by atoms with Gasteiger partial charge in [-0.3, -0.25) is 9.59 Å². The molecule has 0 radical (unpaired) electrons. The molecule has 1 saturated heterocycles. The number of nitrogens with zero attached hydrogens (tertiary/aromatic N) is 1. The van der Waals surface area contributed by atoms with E-state index in [1.807, 2.05) is 38.1 Å². The molecule has 0 spiro atoms. The number of allylic oxidation sites excluding steroid dienone is 3. The maximum absolute atomic E-state index is 13.4. The summed E-state index contributed by atoms with van der Waals surface area (Å²) in [5.74, 6) is -2.67. The molecule has 0 unspecified atom stereocenters. The maximum Gasteiger partial charge on any atom is 0.308 e. The first kappa shape index (κ1) is 41.6. The monoisotopic (exact) mass is 700 g/mol. The lowest BCUT2D eigenvalue weighted by molar-refractivity contribution is -0.304. The average molecular weight is 701 g/mol. The molecule has 12 atom stereocenters. The third-order valence-electron chi connectivity index (χ3n) is 10.2. The molecule has 11 heteroatoms. The van der Waals surface area contributed by atoms with E-state index in [9.17, 15) is 29.7 Å². The molecule has 2 aliphatic heterocycles. The number of hydrogen-bond acceptors (Lipinski definition) is 11. The summed E-state index contributed by atoms with van der Waals surface area (Å²) in [4.78, 5) is 40.5. The zero-order valence-electron chi connectivity index (χ0n) is 30.8. The number of hydrogen-bond donors (Lipinski definition) is 4. The highest BCUT2D eigenvalue weighted by Crippen LogP contribution is 2.34. The number of aliphatic hydroxyl groups is 3. The number of ether oxygens (including phenoxy) is 3. The predicted molar refractivity (Wildman–Crippen MR) is 191 cm³/mol. The van der Waals surface area contributed by atoms with Gasteiger partial charge >= 0.3 is 5.97 Å². The largest absolute Gasteiger partial charge is 0.462 e. The quantitative estimate of drug-likeness (QED) is 0.153. The van der Waals surface area contributed by atoms with E-state index in [0.717, 1.165) is 24.8 Å². The van der Waals surface area contributed by atoms with Gasteiger partial charge in [-0.1, -0.05) is 68.8 Å². The molecule has 2 heterocycles. The Morgan fingerprint density at radius 3 is 2.38 bits per heavy atom. The first-order chi connectivity index (χ1) is 23.8. The van der Waals surface area contributed by atoms with Crippen LogP contribution in [0, 0.1) is 23.7 Å². The van der Waals surface area contributed by atoms with Crippen LogP contribution in [0.2, 0.25) is 0 Å². The van der Waals surface area contributed by atoms with Gasteiger partial charge in [0.15, 0.2) is 12.1 Å². The van der Waals surface area contributed by atoms with Crippen molar-refractivity contribution in [2.24, 2.45) is 23.7 Å². The number of aldehydes is 1. The van der Waals surface area contributed by atoms with Crippen molar-refractivity contribution in [1.29, 1.82) is 0 Å². The van der Waals surface area contributed by atoms with Crippen LogP contribution in [-0.2, 0) is 35.0 Å². The van der Waals surface area contributed by atoms with Gasteiger partial charge in [0, 0.05) is 30.7 Å². The van der Waals surface area contributed by atoms with Crippen LogP contribution in [0.4, 0.5) is 0 Å². The average Bonchev–Trinajstić information content (AvgIpc) is 3.07. The summed E-state index contributed by atoms with van der Waals surface area (Å²) in [6, 6.07) is 9.46. The number of carbonyl (C=O) groups is 3. The molecule has 0 saturated carbocycles. The molecule has 1 fully saturated rings. The lowest BCUT2D eigenvalue weighted by Crippen LogP contribution is -2.63. The highest BCUT2D eigenvalue weighted by atomic mass is 16.7. The molecule has 1 aromatic rings. The summed E-state index contributed by atoms with van der Waals surface area (Å²) in [5, 5.41) is 37.0. The van der Waals surface area contributed by atoms with Gasteiger partial charge in [0.05, 0.1) is 36.9 Å². The van der Waals surface area contributed by atoms with Gasteiger partial charge < -0.3 is 44.5 Å². The Labute approximate surface area is 298 Å². The normalized spacial score (nSPS) is 36.7. The molecular weight excluding hydrogens is 640 g/mol. The minimum Gasteiger partial charge on any atom is -0.462 e. The Morgan fingerprint density at radius 1 is 1.04 bits per heavy atom. The molecule has 2 aliphatic rings. The molecule has 0 aromatic heterocycles. The Bertz CT molecular complexity index is 1270. The molecule has 0 amide bonds. The summed E-state index contributed by atoms with van der Waals surface area (Å²) in [6.45, 7) is 10.3. The summed E-state index contributed by atoms with van der Waals surface area (Å²) in [7, 11) is 3.47. The number of esters is 1. The van der Waals surface area contributed by atoms with Crippen LogP contribution in [0.5, 0.6) is 0 Å². The van der Waals surface area contributed by atoms with Crippen molar-refractivity contribution in [3.8, 4) is 0 Å².